The molecule has 4 aromatic rings. The lowest BCUT2D eigenvalue weighted by molar-refractivity contribution is 0.0978. The lowest BCUT2D eigenvalue weighted by Crippen LogP contribution is -2.35. The van der Waals surface area contributed by atoms with Crippen molar-refractivity contribution in [3.8, 4) is 11.4 Å². The van der Waals surface area contributed by atoms with E-state index < -0.39 is 11.9 Å². The van der Waals surface area contributed by atoms with Crippen molar-refractivity contribution < 1.29 is 9.53 Å². The maximum absolute atomic E-state index is 12.5. The molecule has 0 saturated heterocycles. The minimum absolute atomic E-state index is 0. The molecule has 0 aliphatic rings. The van der Waals surface area contributed by atoms with Crippen LogP contribution in [0.25, 0.3) is 27.5 Å². The van der Waals surface area contributed by atoms with E-state index in [1.807, 2.05) is 53.1 Å². The molecular weight excluding hydrogens is 378 g/mol. The zero-order valence-corrected chi connectivity index (χ0v) is 15.8. The van der Waals surface area contributed by atoms with Gasteiger partial charge in [-0.25, -0.2) is 0 Å². The van der Waals surface area contributed by atoms with Gasteiger partial charge in [0.05, 0.1) is 29.4 Å². The van der Waals surface area contributed by atoms with Crippen molar-refractivity contribution in [2.24, 2.45) is 5.73 Å². The Kier molecular flexibility index (Phi) is 5.19. The number of hydrogen-bond acceptors (Lipinski definition) is 4. The lowest BCUT2D eigenvalue weighted by atomic mass is 10.1. The summed E-state index contributed by atoms with van der Waals surface area (Å²) in [5.41, 5.74) is 8.31. The molecule has 0 spiro atoms. The fourth-order valence-corrected chi connectivity index (χ4v) is 3.20. The first-order valence-corrected chi connectivity index (χ1v) is 8.27. The second-order valence-electron chi connectivity index (χ2n) is 6.01. The minimum atomic E-state index is -0.419. The summed E-state index contributed by atoms with van der Waals surface area (Å²) in [4.78, 5) is 16.9. The number of nitrogens with one attached hydrogen (secondary N) is 2. The Bertz CT molecular complexity index is 1200. The monoisotopic (exact) mass is 395 g/mol. The number of hydrogen-bond donors (Lipinski definition) is 3. The number of methoxy groups -OCH3 is 1. The maximum Gasteiger partial charge on any atom is 0.260 e. The molecule has 0 fully saturated rings. The fraction of sp³-hybridized carbons (Fsp3) is 0.0500. The van der Waals surface area contributed by atoms with Crippen LogP contribution in [0.1, 0.15) is 10.4 Å². The number of nitrogens with two attached hydrogens (primary N) is 1. The van der Waals surface area contributed by atoms with Crippen LogP contribution in [0.5, 0.6) is 5.75 Å². The Balaban J connectivity index is 0.00000225. The van der Waals surface area contributed by atoms with Gasteiger partial charge in [-0.15, -0.1) is 12.4 Å². The first kappa shape index (κ1) is 19.2. The molecule has 4 N–H and O–H groups in total. The van der Waals surface area contributed by atoms with Crippen LogP contribution in [0.4, 0.5) is 0 Å². The highest BCUT2D eigenvalue weighted by Gasteiger charge is 2.17. The van der Waals surface area contributed by atoms with Gasteiger partial charge in [-0.05, 0) is 24.3 Å². The highest BCUT2D eigenvalue weighted by Crippen LogP contribution is 2.30. The van der Waals surface area contributed by atoms with E-state index in [0.717, 1.165) is 33.2 Å². The van der Waals surface area contributed by atoms with E-state index in [1.54, 1.807) is 19.5 Å². The molecule has 28 heavy (non-hydrogen) atoms. The number of nitrogens with zero attached hydrogens (tertiary/aromatic N) is 2. The van der Waals surface area contributed by atoms with Crippen LogP contribution in [0.15, 0.2) is 60.9 Å². The number of carbonyl (C=O) groups is 1. The predicted molar refractivity (Wildman–Crippen MR) is 112 cm³/mol. The van der Waals surface area contributed by atoms with Crippen LogP contribution in [-0.4, -0.2) is 28.5 Å². The van der Waals surface area contributed by atoms with Gasteiger partial charge in [-0.3, -0.25) is 20.5 Å². The second-order valence-corrected chi connectivity index (χ2v) is 6.01. The van der Waals surface area contributed by atoms with Crippen molar-refractivity contribution >= 4 is 46.1 Å². The number of fused-ring (bicyclic) bond motifs is 2. The van der Waals surface area contributed by atoms with Crippen molar-refractivity contribution in [2.75, 3.05) is 7.11 Å². The maximum atomic E-state index is 12.5. The molecule has 2 aromatic carbocycles. The molecule has 7 nitrogen and oxygen atoms in total. The molecule has 0 atom stereocenters. The van der Waals surface area contributed by atoms with Crippen LogP contribution < -0.4 is 15.8 Å². The van der Waals surface area contributed by atoms with E-state index in [4.69, 9.17) is 15.9 Å². The molecule has 0 aliphatic carbocycles. The smallest absolute Gasteiger partial charge is 0.260 e. The largest absolute Gasteiger partial charge is 0.497 e. The number of benzene rings is 2. The van der Waals surface area contributed by atoms with Gasteiger partial charge < -0.3 is 15.0 Å². The molecular formula is C20H18ClN5O2. The van der Waals surface area contributed by atoms with E-state index in [2.05, 4.69) is 10.3 Å². The van der Waals surface area contributed by atoms with Gasteiger partial charge in [0.1, 0.15) is 5.75 Å². The summed E-state index contributed by atoms with van der Waals surface area (Å²) in [6, 6.07) is 15.2. The van der Waals surface area contributed by atoms with E-state index in [-0.39, 0.29) is 12.4 Å². The minimum Gasteiger partial charge on any atom is -0.497 e. The Morgan fingerprint density at radius 2 is 1.96 bits per heavy atom. The van der Waals surface area contributed by atoms with Crippen molar-refractivity contribution in [2.45, 2.75) is 0 Å². The number of pyridine rings is 1. The third-order valence-corrected chi connectivity index (χ3v) is 4.39. The highest BCUT2D eigenvalue weighted by molar-refractivity contribution is 6.12. The molecule has 2 aromatic heterocycles. The van der Waals surface area contributed by atoms with Crippen LogP contribution in [-0.2, 0) is 0 Å². The third-order valence-electron chi connectivity index (χ3n) is 4.39. The standard InChI is InChI=1S/C20H17N5O2.ClH/c1-27-12-6-7-14-16(10-12)23-9-8-18(14)25-11-15(19(26)24-20(21)22)13-4-2-3-5-17(13)25;/h2-11H,1H3,(H4,21,22,24,26);1H. The Morgan fingerprint density at radius 3 is 2.71 bits per heavy atom. The number of ether oxygens (including phenoxy) is 1. The first-order chi connectivity index (χ1) is 13.1. The topological polar surface area (TPSA) is 106 Å². The van der Waals surface area contributed by atoms with Gasteiger partial charge in [0.25, 0.3) is 5.91 Å². The average Bonchev–Trinajstić information content (AvgIpc) is 3.06. The number of guanidine groups is 1. The van der Waals surface area contributed by atoms with Gasteiger partial charge in [0.2, 0.25) is 0 Å². The number of para-hydroxylation sites is 1. The van der Waals surface area contributed by atoms with Crippen LogP contribution >= 0.6 is 12.4 Å². The van der Waals surface area contributed by atoms with Gasteiger partial charge >= 0.3 is 0 Å². The predicted octanol–water partition coefficient (Wildman–Crippen LogP) is 3.23. The van der Waals surface area contributed by atoms with E-state index in [0.29, 0.717) is 5.56 Å². The summed E-state index contributed by atoms with van der Waals surface area (Å²) in [5.74, 6) is -0.0817. The van der Waals surface area contributed by atoms with E-state index >= 15 is 0 Å². The average molecular weight is 396 g/mol. The molecule has 0 radical (unpaired) electrons. The Hall–Kier alpha value is -3.58. The molecule has 1 amide bonds. The third kappa shape index (κ3) is 3.23. The van der Waals surface area contributed by atoms with Crippen LogP contribution in [0.3, 0.4) is 0 Å². The quantitative estimate of drug-likeness (QED) is 0.365. The van der Waals surface area contributed by atoms with Gasteiger partial charge in [-0.2, -0.15) is 0 Å². The molecule has 4 rings (SSSR count). The summed E-state index contributed by atoms with van der Waals surface area (Å²) >= 11 is 0. The normalized spacial score (nSPS) is 10.5. The second kappa shape index (κ2) is 7.58. The van der Waals surface area contributed by atoms with E-state index in [1.165, 1.54) is 0 Å². The zero-order valence-electron chi connectivity index (χ0n) is 15.0. The summed E-state index contributed by atoms with van der Waals surface area (Å²) in [6.45, 7) is 0. The van der Waals surface area contributed by atoms with Crippen LogP contribution in [0.2, 0.25) is 0 Å². The number of aromatic nitrogens is 2. The summed E-state index contributed by atoms with van der Waals surface area (Å²) < 4.78 is 7.22. The first-order valence-electron chi connectivity index (χ1n) is 8.27. The molecule has 0 unspecified atom stereocenters. The lowest BCUT2D eigenvalue weighted by Gasteiger charge is -2.10. The van der Waals surface area contributed by atoms with Gasteiger partial charge in [0, 0.05) is 29.2 Å². The number of amides is 1. The highest BCUT2D eigenvalue weighted by atomic mass is 35.5. The van der Waals surface area contributed by atoms with Crippen molar-refractivity contribution in [3.05, 3.63) is 66.5 Å². The van der Waals surface area contributed by atoms with Crippen molar-refractivity contribution in [3.63, 3.8) is 0 Å². The summed E-state index contributed by atoms with van der Waals surface area (Å²) in [5, 5.41) is 11.4. The molecule has 0 saturated carbocycles. The fourth-order valence-electron chi connectivity index (χ4n) is 3.20. The molecule has 8 heteroatoms. The van der Waals surface area contributed by atoms with Gasteiger partial charge in [-0.1, -0.05) is 18.2 Å². The number of rotatable bonds is 3. The summed E-state index contributed by atoms with van der Waals surface area (Å²) in [6.07, 6.45) is 3.48. The van der Waals surface area contributed by atoms with Crippen LogP contribution in [0, 0.1) is 5.41 Å². The van der Waals surface area contributed by atoms with Gasteiger partial charge in [0.15, 0.2) is 5.96 Å². The molecule has 0 bridgehead atoms. The molecule has 0 aliphatic heterocycles. The van der Waals surface area contributed by atoms with Crippen molar-refractivity contribution in [1.29, 1.82) is 5.41 Å². The molecule has 2 heterocycles. The molecule has 142 valence electrons. The number of carbonyl (C=O) groups excluding carboxylic acids is 1. The zero-order chi connectivity index (χ0) is 19.0. The Morgan fingerprint density at radius 1 is 1.18 bits per heavy atom. The summed E-state index contributed by atoms with van der Waals surface area (Å²) in [7, 11) is 1.62. The Labute approximate surface area is 167 Å². The van der Waals surface area contributed by atoms with E-state index in [9.17, 15) is 4.79 Å². The van der Waals surface area contributed by atoms with Crippen molar-refractivity contribution in [1.82, 2.24) is 14.9 Å². The SMILES string of the molecule is COc1ccc2c(-n3cc(C(=O)NC(=N)N)c4ccccc43)ccnc2c1.Cl. The number of halogens is 1.